The van der Waals surface area contributed by atoms with Crippen LogP contribution in [0.1, 0.15) is 32.1 Å². The molecule has 0 aliphatic carbocycles. The normalized spacial score (nSPS) is 23.5. The summed E-state index contributed by atoms with van der Waals surface area (Å²) in [5.41, 5.74) is 6.89. The zero-order chi connectivity index (χ0) is 18.9. The van der Waals surface area contributed by atoms with Gasteiger partial charge in [-0.05, 0) is 25.7 Å². The molecule has 0 aromatic carbocycles. The quantitative estimate of drug-likeness (QED) is 0.779. The van der Waals surface area contributed by atoms with Crippen LogP contribution in [0.25, 0.3) is 5.65 Å². The van der Waals surface area contributed by atoms with Crippen LogP contribution in [0, 0.1) is 5.41 Å². The number of nitrogen functional groups attached to an aromatic ring is 1. The fourth-order valence-electron chi connectivity index (χ4n) is 4.44. The van der Waals surface area contributed by atoms with Crippen molar-refractivity contribution in [1.82, 2.24) is 24.5 Å². The first-order chi connectivity index (χ1) is 13.1. The predicted octanol–water partition coefficient (Wildman–Crippen LogP) is 0.952. The van der Waals surface area contributed by atoms with E-state index in [4.69, 9.17) is 10.5 Å². The van der Waals surface area contributed by atoms with E-state index in [1.54, 1.807) is 17.8 Å². The van der Waals surface area contributed by atoms with Gasteiger partial charge >= 0.3 is 0 Å². The summed E-state index contributed by atoms with van der Waals surface area (Å²) in [6, 6.07) is 1.94. The Labute approximate surface area is 158 Å². The fourth-order valence-corrected chi connectivity index (χ4v) is 4.44. The van der Waals surface area contributed by atoms with Gasteiger partial charge in [0.05, 0.1) is 0 Å². The second kappa shape index (κ2) is 7.30. The lowest BCUT2D eigenvalue weighted by atomic mass is 9.73. The molecule has 2 aromatic heterocycles. The molecule has 2 N–H and O–H groups in total. The zero-order valence-electron chi connectivity index (χ0n) is 15.8. The highest BCUT2D eigenvalue weighted by atomic mass is 16.5. The summed E-state index contributed by atoms with van der Waals surface area (Å²) in [4.78, 5) is 21.2. The third-order valence-corrected chi connectivity index (χ3v) is 5.82. The van der Waals surface area contributed by atoms with Gasteiger partial charge in [0.25, 0.3) is 0 Å². The first-order valence-electron chi connectivity index (χ1n) is 9.58. The number of rotatable bonds is 5. The van der Waals surface area contributed by atoms with Crippen molar-refractivity contribution in [3.8, 4) is 0 Å². The van der Waals surface area contributed by atoms with E-state index in [1.807, 2.05) is 11.0 Å². The van der Waals surface area contributed by atoms with Crippen molar-refractivity contribution in [2.75, 3.05) is 50.5 Å². The van der Waals surface area contributed by atoms with Gasteiger partial charge in [-0.15, -0.1) is 10.2 Å². The fraction of sp³-hybridized carbons (Fsp3) is 0.667. The molecule has 2 saturated heterocycles. The molecule has 4 heterocycles. The second-order valence-electron chi connectivity index (χ2n) is 7.72. The van der Waals surface area contributed by atoms with Gasteiger partial charge in [0.15, 0.2) is 5.65 Å². The Hall–Kier alpha value is -2.42. The van der Waals surface area contributed by atoms with Gasteiger partial charge in [-0.1, -0.05) is 0 Å². The summed E-state index contributed by atoms with van der Waals surface area (Å²) in [5, 5.41) is 8.01. The Kier molecular flexibility index (Phi) is 4.86. The molecule has 4 rings (SSSR count). The largest absolute Gasteiger partial charge is 0.385 e. The highest BCUT2D eigenvalue weighted by Gasteiger charge is 2.42. The molecule has 9 heteroatoms. The Morgan fingerprint density at radius 3 is 3.07 bits per heavy atom. The minimum atomic E-state index is 0.121. The Morgan fingerprint density at radius 1 is 1.33 bits per heavy atom. The molecule has 1 spiro atoms. The van der Waals surface area contributed by atoms with Crippen molar-refractivity contribution in [1.29, 1.82) is 0 Å². The molecule has 1 unspecified atom stereocenters. The van der Waals surface area contributed by atoms with E-state index in [9.17, 15) is 4.79 Å². The highest BCUT2D eigenvalue weighted by Crippen LogP contribution is 2.40. The highest BCUT2D eigenvalue weighted by molar-refractivity contribution is 5.77. The van der Waals surface area contributed by atoms with Gasteiger partial charge in [0, 0.05) is 57.8 Å². The summed E-state index contributed by atoms with van der Waals surface area (Å²) < 4.78 is 6.82. The van der Waals surface area contributed by atoms with Crippen LogP contribution in [-0.2, 0) is 9.53 Å². The van der Waals surface area contributed by atoms with Gasteiger partial charge < -0.3 is 20.3 Å². The number of hydrogen-bond donors (Lipinski definition) is 1. The third kappa shape index (κ3) is 3.55. The Balaban J connectivity index is 1.51. The van der Waals surface area contributed by atoms with Crippen molar-refractivity contribution < 1.29 is 9.53 Å². The van der Waals surface area contributed by atoms with Crippen LogP contribution in [0.15, 0.2) is 12.4 Å². The third-order valence-electron chi connectivity index (χ3n) is 5.82. The minimum absolute atomic E-state index is 0.121. The van der Waals surface area contributed by atoms with Crippen LogP contribution in [0.3, 0.4) is 0 Å². The lowest BCUT2D eigenvalue weighted by Gasteiger charge is -2.48. The summed E-state index contributed by atoms with van der Waals surface area (Å²) >= 11 is 0. The van der Waals surface area contributed by atoms with E-state index in [0.29, 0.717) is 24.6 Å². The van der Waals surface area contributed by atoms with E-state index < -0.39 is 0 Å². The van der Waals surface area contributed by atoms with Crippen LogP contribution in [-0.4, -0.2) is 70.3 Å². The van der Waals surface area contributed by atoms with E-state index in [-0.39, 0.29) is 11.3 Å². The molecule has 0 bridgehead atoms. The number of nitrogens with two attached hydrogens (primary N) is 1. The van der Waals surface area contributed by atoms with Crippen molar-refractivity contribution in [3.05, 3.63) is 12.4 Å². The molecule has 2 fully saturated rings. The van der Waals surface area contributed by atoms with Gasteiger partial charge in [-0.3, -0.25) is 9.20 Å². The summed E-state index contributed by atoms with van der Waals surface area (Å²) in [6.07, 6.45) is 6.23. The molecule has 2 aliphatic rings. The molecule has 1 amide bonds. The number of likely N-dealkylation sites (tertiary alicyclic amines) is 1. The van der Waals surface area contributed by atoms with Gasteiger partial charge in [-0.25, -0.2) is 0 Å². The monoisotopic (exact) mass is 373 g/mol. The standard InChI is InChI=1S/C18H27N7O2/c1-27-9-3-8-24-12-18(6-4-16(24)26)5-2-7-23(11-18)14-10-15-22-20-13-25(15)17(19)21-14/h10,13H,2-9,11-12H2,1H3,(H2,19,21). The molecular formula is C18H27N7O2. The minimum Gasteiger partial charge on any atom is -0.385 e. The van der Waals surface area contributed by atoms with Crippen molar-refractivity contribution in [3.63, 3.8) is 0 Å². The zero-order valence-corrected chi connectivity index (χ0v) is 15.8. The average molecular weight is 373 g/mol. The Bertz CT molecular complexity index is 823. The number of methoxy groups -OCH3 is 1. The van der Waals surface area contributed by atoms with E-state index >= 15 is 0 Å². The van der Waals surface area contributed by atoms with E-state index in [2.05, 4.69) is 20.1 Å². The number of carbonyl (C=O) groups excluding carboxylic acids is 1. The van der Waals surface area contributed by atoms with Crippen molar-refractivity contribution in [2.45, 2.75) is 32.1 Å². The lowest BCUT2D eigenvalue weighted by molar-refractivity contribution is -0.138. The van der Waals surface area contributed by atoms with Crippen LogP contribution in [0.2, 0.25) is 0 Å². The number of hydrogen-bond acceptors (Lipinski definition) is 7. The molecule has 1 atom stereocenters. The maximum atomic E-state index is 12.4. The molecular weight excluding hydrogens is 346 g/mol. The smallest absolute Gasteiger partial charge is 0.222 e. The number of fused-ring (bicyclic) bond motifs is 1. The molecule has 9 nitrogen and oxygen atoms in total. The number of nitrogens with zero attached hydrogens (tertiary/aromatic N) is 6. The number of aromatic nitrogens is 4. The number of anilines is 2. The first-order valence-corrected chi connectivity index (χ1v) is 9.58. The van der Waals surface area contributed by atoms with E-state index in [0.717, 1.165) is 57.7 Å². The first kappa shape index (κ1) is 18.0. The Morgan fingerprint density at radius 2 is 2.22 bits per heavy atom. The SMILES string of the molecule is COCCCN1CC2(CCCN(c3cc4nncn4c(N)n3)C2)CCC1=O. The molecule has 2 aliphatic heterocycles. The van der Waals surface area contributed by atoms with E-state index in [1.165, 1.54) is 0 Å². The van der Waals surface area contributed by atoms with Crippen LogP contribution in [0.5, 0.6) is 0 Å². The predicted molar refractivity (Wildman–Crippen MR) is 101 cm³/mol. The van der Waals surface area contributed by atoms with Crippen LogP contribution < -0.4 is 10.6 Å². The number of amides is 1. The topological polar surface area (TPSA) is 102 Å². The summed E-state index contributed by atoms with van der Waals surface area (Å²) in [6.45, 7) is 4.10. The average Bonchev–Trinajstić information content (AvgIpc) is 3.14. The number of piperidine rings is 2. The number of carbonyl (C=O) groups is 1. The van der Waals surface area contributed by atoms with Crippen LogP contribution >= 0.6 is 0 Å². The molecule has 2 aromatic rings. The van der Waals surface area contributed by atoms with Gasteiger partial charge in [0.1, 0.15) is 12.1 Å². The summed E-state index contributed by atoms with van der Waals surface area (Å²) in [5.74, 6) is 1.50. The maximum absolute atomic E-state index is 12.4. The van der Waals surface area contributed by atoms with Crippen LogP contribution in [0.4, 0.5) is 11.8 Å². The molecule has 0 radical (unpaired) electrons. The lowest BCUT2D eigenvalue weighted by Crippen LogP contribution is -2.54. The second-order valence-corrected chi connectivity index (χ2v) is 7.72. The molecule has 27 heavy (non-hydrogen) atoms. The van der Waals surface area contributed by atoms with Gasteiger partial charge in [0.2, 0.25) is 11.9 Å². The number of ether oxygens (including phenoxy) is 1. The summed E-state index contributed by atoms with van der Waals surface area (Å²) in [7, 11) is 1.70. The van der Waals surface area contributed by atoms with Crippen molar-refractivity contribution in [2.24, 2.45) is 5.41 Å². The molecule has 146 valence electrons. The maximum Gasteiger partial charge on any atom is 0.222 e. The molecule has 0 saturated carbocycles. The van der Waals surface area contributed by atoms with Crippen molar-refractivity contribution >= 4 is 23.3 Å². The van der Waals surface area contributed by atoms with Gasteiger partial charge in [-0.2, -0.15) is 4.98 Å².